The molecule has 1 unspecified atom stereocenters. The lowest BCUT2D eigenvalue weighted by Gasteiger charge is -2.35. The van der Waals surface area contributed by atoms with Crippen molar-refractivity contribution in [2.45, 2.75) is 39.2 Å². The van der Waals surface area contributed by atoms with Crippen molar-refractivity contribution < 1.29 is 5.11 Å². The van der Waals surface area contributed by atoms with Crippen molar-refractivity contribution in [2.24, 2.45) is 11.8 Å². The van der Waals surface area contributed by atoms with Gasteiger partial charge in [-0.3, -0.25) is 0 Å². The van der Waals surface area contributed by atoms with Gasteiger partial charge in [0.2, 0.25) is 0 Å². The van der Waals surface area contributed by atoms with Crippen LogP contribution in [0.25, 0.3) is 10.9 Å². The van der Waals surface area contributed by atoms with Gasteiger partial charge in [0.05, 0.1) is 16.6 Å². The number of aromatic nitrogens is 1. The van der Waals surface area contributed by atoms with Crippen molar-refractivity contribution in [1.82, 2.24) is 4.98 Å². The fourth-order valence-electron chi connectivity index (χ4n) is 3.47. The molecule has 0 saturated carbocycles. The van der Waals surface area contributed by atoms with Crippen molar-refractivity contribution in [2.75, 3.05) is 18.0 Å². The third kappa shape index (κ3) is 3.78. The third-order valence-electron chi connectivity index (χ3n) is 4.78. The molecule has 0 aliphatic carbocycles. The molecule has 1 aromatic heterocycles. The van der Waals surface area contributed by atoms with Crippen LogP contribution in [0.15, 0.2) is 30.3 Å². The number of benzene rings is 1. The van der Waals surface area contributed by atoms with Gasteiger partial charge in [0, 0.05) is 18.5 Å². The maximum absolute atomic E-state index is 10.3. The number of hydrogen-bond donors (Lipinski definition) is 1. The van der Waals surface area contributed by atoms with E-state index in [1.165, 1.54) is 0 Å². The summed E-state index contributed by atoms with van der Waals surface area (Å²) in [5.41, 5.74) is 0.869. The molecular weight excluding hydrogens is 308 g/mol. The highest BCUT2D eigenvalue weighted by molar-refractivity contribution is 6.35. The molecule has 2 heterocycles. The van der Waals surface area contributed by atoms with Crippen LogP contribution in [0.1, 0.15) is 33.1 Å². The molecule has 0 spiro atoms. The molecule has 124 valence electrons. The van der Waals surface area contributed by atoms with Gasteiger partial charge in [-0.15, -0.1) is 0 Å². The molecule has 2 aromatic rings. The molecule has 0 amide bonds. The minimum absolute atomic E-state index is 0.170. The summed E-state index contributed by atoms with van der Waals surface area (Å²) < 4.78 is 0. The second-order valence-corrected chi connectivity index (χ2v) is 7.41. The Bertz CT molecular complexity index is 665. The fourth-order valence-corrected chi connectivity index (χ4v) is 3.69. The van der Waals surface area contributed by atoms with E-state index in [0.29, 0.717) is 16.9 Å². The van der Waals surface area contributed by atoms with Crippen molar-refractivity contribution >= 4 is 28.3 Å². The van der Waals surface area contributed by atoms with Gasteiger partial charge >= 0.3 is 0 Å². The molecule has 1 N–H and O–H groups in total. The van der Waals surface area contributed by atoms with E-state index < -0.39 is 0 Å². The SMILES string of the molecule is CC(C)CC(O)C1CCN(c2ccc3cccc(Cl)c3n2)CC1. The summed E-state index contributed by atoms with van der Waals surface area (Å²) in [5.74, 6) is 1.95. The number of piperidine rings is 1. The van der Waals surface area contributed by atoms with Gasteiger partial charge in [-0.25, -0.2) is 4.98 Å². The van der Waals surface area contributed by atoms with E-state index in [1.54, 1.807) is 0 Å². The largest absolute Gasteiger partial charge is 0.393 e. The van der Waals surface area contributed by atoms with Gasteiger partial charge in [-0.2, -0.15) is 0 Å². The van der Waals surface area contributed by atoms with Crippen LogP contribution in [-0.2, 0) is 0 Å². The van der Waals surface area contributed by atoms with Crippen LogP contribution in [0.3, 0.4) is 0 Å². The molecule has 3 rings (SSSR count). The number of pyridine rings is 1. The number of nitrogens with zero attached hydrogens (tertiary/aromatic N) is 2. The second-order valence-electron chi connectivity index (χ2n) is 7.00. The summed E-state index contributed by atoms with van der Waals surface area (Å²) in [4.78, 5) is 7.06. The van der Waals surface area contributed by atoms with E-state index in [0.717, 1.165) is 49.1 Å². The minimum Gasteiger partial charge on any atom is -0.393 e. The summed E-state index contributed by atoms with van der Waals surface area (Å²) in [6.07, 6.45) is 2.77. The molecule has 23 heavy (non-hydrogen) atoms. The second kappa shape index (κ2) is 7.06. The molecule has 0 radical (unpaired) electrons. The Labute approximate surface area is 143 Å². The van der Waals surface area contributed by atoms with Gasteiger partial charge in [0.15, 0.2) is 0 Å². The zero-order valence-corrected chi connectivity index (χ0v) is 14.6. The van der Waals surface area contributed by atoms with E-state index in [1.807, 2.05) is 18.2 Å². The Hall–Kier alpha value is -1.32. The lowest BCUT2D eigenvalue weighted by Crippen LogP contribution is -2.38. The number of hydrogen-bond acceptors (Lipinski definition) is 3. The number of aliphatic hydroxyl groups is 1. The van der Waals surface area contributed by atoms with E-state index >= 15 is 0 Å². The lowest BCUT2D eigenvalue weighted by molar-refractivity contribution is 0.0734. The zero-order valence-electron chi connectivity index (χ0n) is 13.9. The van der Waals surface area contributed by atoms with Crippen molar-refractivity contribution in [1.29, 1.82) is 0 Å². The molecule has 1 aromatic carbocycles. The third-order valence-corrected chi connectivity index (χ3v) is 5.08. The summed E-state index contributed by atoms with van der Waals surface area (Å²) in [6, 6.07) is 10.0. The number of anilines is 1. The molecule has 1 saturated heterocycles. The highest BCUT2D eigenvalue weighted by atomic mass is 35.5. The van der Waals surface area contributed by atoms with E-state index in [-0.39, 0.29) is 6.10 Å². The number of fused-ring (bicyclic) bond motifs is 1. The van der Waals surface area contributed by atoms with Crippen LogP contribution in [-0.4, -0.2) is 29.3 Å². The fraction of sp³-hybridized carbons (Fsp3) is 0.526. The molecule has 0 bridgehead atoms. The van der Waals surface area contributed by atoms with E-state index in [4.69, 9.17) is 16.6 Å². The Balaban J connectivity index is 1.69. The molecule has 3 nitrogen and oxygen atoms in total. The number of para-hydroxylation sites is 1. The maximum atomic E-state index is 10.3. The van der Waals surface area contributed by atoms with E-state index in [9.17, 15) is 5.11 Å². The molecule has 1 aliphatic heterocycles. The summed E-state index contributed by atoms with van der Waals surface area (Å²) in [7, 11) is 0. The Morgan fingerprint density at radius 2 is 1.96 bits per heavy atom. The normalized spacial score (nSPS) is 17.9. The predicted octanol–water partition coefficient (Wildman–Crippen LogP) is 4.51. The van der Waals surface area contributed by atoms with Crippen molar-refractivity contribution in [3.63, 3.8) is 0 Å². The van der Waals surface area contributed by atoms with Crippen LogP contribution < -0.4 is 4.90 Å². The van der Waals surface area contributed by atoms with Gasteiger partial charge in [0.1, 0.15) is 5.82 Å². The predicted molar refractivity (Wildman–Crippen MR) is 97.2 cm³/mol. The van der Waals surface area contributed by atoms with Crippen LogP contribution in [0.4, 0.5) is 5.82 Å². The van der Waals surface area contributed by atoms with Crippen LogP contribution >= 0.6 is 11.6 Å². The summed E-state index contributed by atoms with van der Waals surface area (Å²) in [6.45, 7) is 6.23. The van der Waals surface area contributed by atoms with Crippen molar-refractivity contribution in [3.8, 4) is 0 Å². The van der Waals surface area contributed by atoms with Gasteiger partial charge in [-0.1, -0.05) is 37.6 Å². The highest BCUT2D eigenvalue weighted by Gasteiger charge is 2.26. The first-order chi connectivity index (χ1) is 11.0. The zero-order chi connectivity index (χ0) is 16.4. The monoisotopic (exact) mass is 332 g/mol. The van der Waals surface area contributed by atoms with Gasteiger partial charge < -0.3 is 10.0 Å². The van der Waals surface area contributed by atoms with E-state index in [2.05, 4.69) is 30.9 Å². The Kier molecular flexibility index (Phi) is 5.08. The Morgan fingerprint density at radius 1 is 1.22 bits per heavy atom. The van der Waals surface area contributed by atoms with Gasteiger partial charge in [0.25, 0.3) is 0 Å². The molecule has 1 fully saturated rings. The smallest absolute Gasteiger partial charge is 0.129 e. The first-order valence-electron chi connectivity index (χ1n) is 8.53. The first-order valence-corrected chi connectivity index (χ1v) is 8.90. The quantitative estimate of drug-likeness (QED) is 0.894. The number of aliphatic hydroxyl groups excluding tert-OH is 1. The maximum Gasteiger partial charge on any atom is 0.129 e. The van der Waals surface area contributed by atoms with Crippen molar-refractivity contribution in [3.05, 3.63) is 35.4 Å². The first kappa shape index (κ1) is 16.5. The average Bonchev–Trinajstić information content (AvgIpc) is 2.54. The molecule has 4 heteroatoms. The summed E-state index contributed by atoms with van der Waals surface area (Å²) >= 11 is 6.27. The lowest BCUT2D eigenvalue weighted by atomic mass is 9.87. The summed E-state index contributed by atoms with van der Waals surface area (Å²) in [5, 5.41) is 12.1. The highest BCUT2D eigenvalue weighted by Crippen LogP contribution is 2.29. The topological polar surface area (TPSA) is 36.4 Å². The molecular formula is C19H25ClN2O. The average molecular weight is 333 g/mol. The molecule has 1 atom stereocenters. The van der Waals surface area contributed by atoms with Gasteiger partial charge in [-0.05, 0) is 49.3 Å². The van der Waals surface area contributed by atoms with Crippen LogP contribution in [0.2, 0.25) is 5.02 Å². The number of rotatable bonds is 4. The number of halogens is 1. The standard InChI is InChI=1S/C19H25ClN2O/c1-13(2)12-17(23)14-8-10-22(11-9-14)18-7-6-15-4-3-5-16(20)19(15)21-18/h3-7,13-14,17,23H,8-12H2,1-2H3. The van der Waals surface area contributed by atoms with Crippen LogP contribution in [0, 0.1) is 11.8 Å². The minimum atomic E-state index is -0.170. The van der Waals surface area contributed by atoms with Crippen LogP contribution in [0.5, 0.6) is 0 Å². The molecule has 1 aliphatic rings. The Morgan fingerprint density at radius 3 is 2.65 bits per heavy atom.